The van der Waals surface area contributed by atoms with E-state index in [4.69, 9.17) is 28.0 Å². The minimum Gasteiger partial charge on any atom is -0.372 e. The molecule has 1 aliphatic carbocycles. The molecule has 3 aliphatic rings. The van der Waals surface area contributed by atoms with Crippen LogP contribution >= 0.6 is 34.5 Å². The quantitative estimate of drug-likeness (QED) is 0.578. The Morgan fingerprint density at radius 3 is 2.53 bits per heavy atom. The Kier molecular flexibility index (Phi) is 5.14. The molecule has 0 bridgehead atoms. The van der Waals surface area contributed by atoms with Crippen molar-refractivity contribution in [1.29, 1.82) is 0 Å². The zero-order chi connectivity index (χ0) is 22.8. The van der Waals surface area contributed by atoms with Gasteiger partial charge in [-0.25, -0.2) is 0 Å². The van der Waals surface area contributed by atoms with Crippen LogP contribution in [-0.2, 0) is 23.5 Å². The molecule has 0 radical (unpaired) electrons. The molecule has 1 N–H and O–H groups in total. The van der Waals surface area contributed by atoms with Gasteiger partial charge in [-0.05, 0) is 49.1 Å². The summed E-state index contributed by atoms with van der Waals surface area (Å²) in [5.74, 6) is 0.122. The summed E-state index contributed by atoms with van der Waals surface area (Å²) < 4.78 is 42.6. The molecule has 5 rings (SSSR count). The highest BCUT2D eigenvalue weighted by atomic mass is 35.5. The Balaban J connectivity index is 1.37. The van der Waals surface area contributed by atoms with Crippen LogP contribution in [0, 0.1) is 6.92 Å². The van der Waals surface area contributed by atoms with Crippen LogP contribution in [0.4, 0.5) is 13.2 Å². The number of halogens is 5. The molecule has 0 spiro atoms. The lowest BCUT2D eigenvalue weighted by atomic mass is 9.89. The first-order valence-electron chi connectivity index (χ1n) is 10.0. The van der Waals surface area contributed by atoms with Crippen LogP contribution in [0.15, 0.2) is 23.4 Å². The Morgan fingerprint density at radius 1 is 1.25 bits per heavy atom. The first-order valence-corrected chi connectivity index (χ1v) is 11.6. The van der Waals surface area contributed by atoms with E-state index in [0.717, 1.165) is 28.8 Å². The predicted octanol–water partition coefficient (Wildman–Crippen LogP) is 5.76. The van der Waals surface area contributed by atoms with E-state index in [1.54, 1.807) is 4.90 Å². The standard InChI is InChI=1S/C21H18Cl2F3N3O2S/c1-10-15-8-29(9-16(15)32-18(10)19(30)27-14-2-3-14)17-7-20(31-28-17,21(24,25)26)11-4-12(22)6-13(23)5-11/h4-6,14H,2-3,7-9H2,1H3,(H,27,30). The van der Waals surface area contributed by atoms with Crippen LogP contribution in [-0.4, -0.2) is 28.9 Å². The molecule has 5 nitrogen and oxygen atoms in total. The Labute approximate surface area is 196 Å². The number of nitrogens with zero attached hydrogens (tertiary/aromatic N) is 2. The summed E-state index contributed by atoms with van der Waals surface area (Å²) in [6, 6.07) is 4.03. The van der Waals surface area contributed by atoms with Gasteiger partial charge < -0.3 is 15.1 Å². The van der Waals surface area contributed by atoms with Crippen LogP contribution in [0.5, 0.6) is 0 Å². The molecule has 2 aromatic rings. The molecule has 1 saturated carbocycles. The second-order valence-electron chi connectivity index (χ2n) is 8.32. The zero-order valence-electron chi connectivity index (χ0n) is 16.9. The first-order chi connectivity index (χ1) is 15.1. The summed E-state index contributed by atoms with van der Waals surface area (Å²) >= 11 is 13.3. The van der Waals surface area contributed by atoms with Gasteiger partial charge in [-0.1, -0.05) is 28.4 Å². The molecule has 2 aliphatic heterocycles. The van der Waals surface area contributed by atoms with Crippen molar-refractivity contribution >= 4 is 46.3 Å². The van der Waals surface area contributed by atoms with Crippen LogP contribution in [0.3, 0.4) is 0 Å². The summed E-state index contributed by atoms with van der Waals surface area (Å²) in [6.45, 7) is 2.63. The first kappa shape index (κ1) is 21.9. The smallest absolute Gasteiger partial charge is 0.372 e. The molecule has 3 heterocycles. The van der Waals surface area contributed by atoms with Crippen molar-refractivity contribution in [2.24, 2.45) is 5.16 Å². The largest absolute Gasteiger partial charge is 0.435 e. The molecule has 0 saturated heterocycles. The predicted molar refractivity (Wildman–Crippen MR) is 116 cm³/mol. The number of hydrogen-bond acceptors (Lipinski definition) is 5. The van der Waals surface area contributed by atoms with E-state index in [1.807, 2.05) is 6.92 Å². The molecule has 170 valence electrons. The van der Waals surface area contributed by atoms with Gasteiger partial charge in [0.15, 0.2) is 0 Å². The van der Waals surface area contributed by atoms with Crippen molar-refractivity contribution in [3.63, 3.8) is 0 Å². The number of benzene rings is 1. The van der Waals surface area contributed by atoms with Crippen molar-refractivity contribution in [2.75, 3.05) is 0 Å². The number of carbonyl (C=O) groups is 1. The van der Waals surface area contributed by atoms with E-state index in [9.17, 15) is 18.0 Å². The minimum atomic E-state index is -4.74. The lowest BCUT2D eigenvalue weighted by Gasteiger charge is -2.30. The van der Waals surface area contributed by atoms with Crippen LogP contribution in [0.2, 0.25) is 10.0 Å². The summed E-state index contributed by atoms with van der Waals surface area (Å²) in [5.41, 5.74) is -1.01. The number of oxime groups is 1. The third kappa shape index (κ3) is 3.64. The van der Waals surface area contributed by atoms with Gasteiger partial charge in [0.2, 0.25) is 0 Å². The molecular formula is C21H18Cl2F3N3O2S. The minimum absolute atomic E-state index is 0.0774. The molecule has 1 aromatic heterocycles. The monoisotopic (exact) mass is 503 g/mol. The van der Waals surface area contributed by atoms with Crippen molar-refractivity contribution in [2.45, 2.75) is 57.1 Å². The molecule has 1 unspecified atom stereocenters. The molecule has 1 fully saturated rings. The van der Waals surface area contributed by atoms with Gasteiger partial charge in [0.1, 0.15) is 5.84 Å². The molecular weight excluding hydrogens is 486 g/mol. The van der Waals surface area contributed by atoms with Gasteiger partial charge in [-0.2, -0.15) is 13.2 Å². The van der Waals surface area contributed by atoms with Crippen LogP contribution in [0.1, 0.15) is 50.5 Å². The maximum absolute atomic E-state index is 14.2. The second kappa shape index (κ2) is 7.53. The van der Waals surface area contributed by atoms with Crippen LogP contribution < -0.4 is 5.32 Å². The van der Waals surface area contributed by atoms with E-state index in [1.165, 1.54) is 29.5 Å². The molecule has 11 heteroatoms. The summed E-state index contributed by atoms with van der Waals surface area (Å²) in [7, 11) is 0. The van der Waals surface area contributed by atoms with Crippen molar-refractivity contribution < 1.29 is 22.8 Å². The fourth-order valence-corrected chi connectivity index (χ4v) is 5.85. The maximum atomic E-state index is 14.2. The maximum Gasteiger partial charge on any atom is 0.435 e. The number of amides is 1. The highest BCUT2D eigenvalue weighted by Crippen LogP contribution is 2.50. The van der Waals surface area contributed by atoms with Crippen molar-refractivity contribution in [3.8, 4) is 0 Å². The number of hydrogen-bond donors (Lipinski definition) is 1. The Hall–Kier alpha value is -1.97. The Morgan fingerprint density at radius 2 is 1.94 bits per heavy atom. The average molecular weight is 504 g/mol. The highest BCUT2D eigenvalue weighted by Gasteiger charge is 2.63. The number of rotatable bonds is 3. The summed E-state index contributed by atoms with van der Waals surface area (Å²) in [6.07, 6.45) is -3.22. The fraction of sp³-hybridized carbons (Fsp3) is 0.429. The van der Waals surface area contributed by atoms with E-state index in [-0.39, 0.29) is 33.4 Å². The van der Waals surface area contributed by atoms with E-state index >= 15 is 0 Å². The third-order valence-electron chi connectivity index (χ3n) is 6.02. The number of thiophene rings is 1. The topological polar surface area (TPSA) is 53.9 Å². The van der Waals surface area contributed by atoms with Gasteiger partial charge in [-0.15, -0.1) is 11.3 Å². The fourth-order valence-electron chi connectivity index (χ4n) is 4.08. The SMILES string of the molecule is Cc1c(C(=O)NC2CC2)sc2c1CN(C1=NOC(c3cc(Cl)cc(Cl)c3)(C(F)(F)F)C1)C2. The molecule has 1 atom stereocenters. The third-order valence-corrected chi connectivity index (χ3v) is 7.78. The molecule has 1 amide bonds. The lowest BCUT2D eigenvalue weighted by Crippen LogP contribution is -2.43. The number of amidine groups is 1. The van der Waals surface area contributed by atoms with Crippen molar-refractivity contribution in [3.05, 3.63) is 54.7 Å². The number of carbonyl (C=O) groups excluding carboxylic acids is 1. The normalized spacial score (nSPS) is 22.6. The highest BCUT2D eigenvalue weighted by molar-refractivity contribution is 7.14. The van der Waals surface area contributed by atoms with Gasteiger partial charge in [0.05, 0.1) is 17.8 Å². The van der Waals surface area contributed by atoms with Gasteiger partial charge in [0, 0.05) is 33.1 Å². The number of fused-ring (bicyclic) bond motifs is 1. The van der Waals surface area contributed by atoms with Gasteiger partial charge in [-0.3, -0.25) is 4.79 Å². The number of nitrogens with one attached hydrogen (secondary N) is 1. The molecule has 1 aromatic carbocycles. The van der Waals surface area contributed by atoms with E-state index < -0.39 is 18.2 Å². The zero-order valence-corrected chi connectivity index (χ0v) is 19.2. The lowest BCUT2D eigenvalue weighted by molar-refractivity contribution is -0.275. The average Bonchev–Trinajstić information content (AvgIpc) is 3.12. The van der Waals surface area contributed by atoms with E-state index in [0.29, 0.717) is 18.0 Å². The summed E-state index contributed by atoms with van der Waals surface area (Å²) in [4.78, 5) is 20.9. The molecule has 32 heavy (non-hydrogen) atoms. The van der Waals surface area contributed by atoms with Gasteiger partial charge in [0.25, 0.3) is 11.5 Å². The van der Waals surface area contributed by atoms with Crippen LogP contribution in [0.25, 0.3) is 0 Å². The summed E-state index contributed by atoms with van der Waals surface area (Å²) in [5, 5.41) is 7.00. The Bertz CT molecular complexity index is 1130. The second-order valence-corrected chi connectivity index (χ2v) is 10.3. The van der Waals surface area contributed by atoms with Crippen molar-refractivity contribution in [1.82, 2.24) is 10.2 Å². The van der Waals surface area contributed by atoms with E-state index in [2.05, 4.69) is 10.5 Å². The van der Waals surface area contributed by atoms with Gasteiger partial charge >= 0.3 is 6.18 Å². The number of alkyl halides is 3.